The smallest absolute Gasteiger partial charge is 0.180 e. The van der Waals surface area contributed by atoms with E-state index in [1.807, 2.05) is 0 Å². The van der Waals surface area contributed by atoms with E-state index in [9.17, 15) is 0 Å². The molecule has 1 heterocycles. The summed E-state index contributed by atoms with van der Waals surface area (Å²) in [6.07, 6.45) is 1.89. The summed E-state index contributed by atoms with van der Waals surface area (Å²) in [6, 6.07) is 8.59. The molecule has 16 heavy (non-hydrogen) atoms. The zero-order valence-corrected chi connectivity index (χ0v) is 12.0. The number of thiazole rings is 1. The van der Waals surface area contributed by atoms with Gasteiger partial charge in [-0.15, -0.1) is 11.3 Å². The summed E-state index contributed by atoms with van der Waals surface area (Å²) in [5.41, 5.74) is 8.20. The van der Waals surface area contributed by atoms with E-state index in [4.69, 9.17) is 5.73 Å². The number of benzene rings is 1. The lowest BCUT2D eigenvalue weighted by Crippen LogP contribution is -1.91. The lowest BCUT2D eigenvalue weighted by atomic mass is 10.1. The molecule has 0 atom stereocenters. The van der Waals surface area contributed by atoms with Crippen LogP contribution in [0.25, 0.3) is 0 Å². The molecular formula is C12H13IN2S. The van der Waals surface area contributed by atoms with Crippen LogP contribution in [0.3, 0.4) is 0 Å². The first kappa shape index (κ1) is 11.9. The van der Waals surface area contributed by atoms with Gasteiger partial charge in [0.2, 0.25) is 0 Å². The molecule has 0 aliphatic rings. The van der Waals surface area contributed by atoms with Gasteiger partial charge in [-0.3, -0.25) is 0 Å². The van der Waals surface area contributed by atoms with Crippen LogP contribution >= 0.6 is 33.9 Å². The van der Waals surface area contributed by atoms with Gasteiger partial charge in [-0.25, -0.2) is 4.98 Å². The van der Waals surface area contributed by atoms with E-state index < -0.39 is 0 Å². The fraction of sp³-hybridized carbons (Fsp3) is 0.250. The molecule has 0 fully saturated rings. The minimum Gasteiger partial charge on any atom is -0.375 e. The molecule has 1 aromatic carbocycles. The molecule has 2 rings (SSSR count). The van der Waals surface area contributed by atoms with Crippen LogP contribution < -0.4 is 5.73 Å². The lowest BCUT2D eigenvalue weighted by molar-refractivity contribution is 1.02. The first-order valence-electron chi connectivity index (χ1n) is 5.17. The average Bonchev–Trinajstić information content (AvgIpc) is 2.62. The molecule has 0 aliphatic heterocycles. The monoisotopic (exact) mass is 344 g/mol. The van der Waals surface area contributed by atoms with Gasteiger partial charge in [0, 0.05) is 14.9 Å². The van der Waals surface area contributed by atoms with Crippen molar-refractivity contribution in [2.75, 3.05) is 5.73 Å². The molecule has 1 aromatic heterocycles. The van der Waals surface area contributed by atoms with Gasteiger partial charge in [-0.2, -0.15) is 0 Å². The first-order chi connectivity index (χ1) is 7.69. The van der Waals surface area contributed by atoms with Gasteiger partial charge in [0.1, 0.15) is 0 Å². The number of nitrogen functional groups attached to an aromatic ring is 1. The second-order valence-electron chi connectivity index (χ2n) is 3.58. The number of nitrogens with zero attached hydrogens (tertiary/aromatic N) is 1. The number of anilines is 1. The number of aromatic nitrogens is 1. The van der Waals surface area contributed by atoms with E-state index in [-0.39, 0.29) is 0 Å². The Bertz CT molecular complexity index is 476. The zero-order chi connectivity index (χ0) is 11.5. The Morgan fingerprint density at radius 2 is 2.00 bits per heavy atom. The first-order valence-corrected chi connectivity index (χ1v) is 7.07. The molecule has 0 saturated carbocycles. The van der Waals surface area contributed by atoms with Crippen molar-refractivity contribution in [3.63, 3.8) is 0 Å². The molecule has 4 heteroatoms. The van der Waals surface area contributed by atoms with Crippen LogP contribution in [0.15, 0.2) is 24.3 Å². The fourth-order valence-electron chi connectivity index (χ4n) is 1.61. The van der Waals surface area contributed by atoms with Crippen molar-refractivity contribution in [1.29, 1.82) is 0 Å². The predicted octanol–water partition coefficient (Wildman–Crippen LogP) is 3.48. The highest BCUT2D eigenvalue weighted by molar-refractivity contribution is 14.1. The third kappa shape index (κ3) is 2.74. The number of hydrogen-bond acceptors (Lipinski definition) is 3. The molecule has 2 aromatic rings. The standard InChI is InChI=1S/C12H13IN2S/c1-2-10-11(16-12(14)15-10)7-8-3-5-9(13)6-4-8/h3-6H,2,7H2,1H3,(H2,14,15). The number of hydrogen-bond donors (Lipinski definition) is 1. The molecule has 2 N–H and O–H groups in total. The molecule has 0 saturated heterocycles. The Labute approximate surface area is 113 Å². The predicted molar refractivity (Wildman–Crippen MR) is 77.9 cm³/mol. The Balaban J connectivity index is 2.22. The Morgan fingerprint density at radius 3 is 2.62 bits per heavy atom. The van der Waals surface area contributed by atoms with Crippen molar-refractivity contribution in [1.82, 2.24) is 4.98 Å². The van der Waals surface area contributed by atoms with Crippen molar-refractivity contribution < 1.29 is 0 Å². The Morgan fingerprint density at radius 1 is 1.31 bits per heavy atom. The van der Waals surface area contributed by atoms with E-state index in [0.717, 1.165) is 18.5 Å². The minimum absolute atomic E-state index is 0.678. The van der Waals surface area contributed by atoms with Crippen LogP contribution in [0, 0.1) is 3.57 Å². The van der Waals surface area contributed by atoms with Crippen molar-refractivity contribution in [3.05, 3.63) is 44.0 Å². The summed E-state index contributed by atoms with van der Waals surface area (Å²) in [4.78, 5) is 5.63. The molecule has 0 bridgehead atoms. The topological polar surface area (TPSA) is 38.9 Å². The number of aryl methyl sites for hydroxylation is 1. The van der Waals surface area contributed by atoms with E-state index in [2.05, 4.69) is 58.8 Å². The van der Waals surface area contributed by atoms with Gasteiger partial charge in [0.05, 0.1) is 5.69 Å². The van der Waals surface area contributed by atoms with Crippen LogP contribution in [0.5, 0.6) is 0 Å². The zero-order valence-electron chi connectivity index (χ0n) is 9.03. The second kappa shape index (κ2) is 5.14. The highest BCUT2D eigenvalue weighted by atomic mass is 127. The summed E-state index contributed by atoms with van der Waals surface area (Å²) >= 11 is 3.92. The molecule has 84 valence electrons. The Hall–Kier alpha value is -0.620. The van der Waals surface area contributed by atoms with Crippen LogP contribution in [0.4, 0.5) is 5.13 Å². The highest BCUT2D eigenvalue weighted by Gasteiger charge is 2.08. The SMILES string of the molecule is CCc1nc(N)sc1Cc1ccc(I)cc1. The van der Waals surface area contributed by atoms with Crippen LogP contribution in [0.1, 0.15) is 23.1 Å². The van der Waals surface area contributed by atoms with Gasteiger partial charge in [0.25, 0.3) is 0 Å². The van der Waals surface area contributed by atoms with E-state index in [0.29, 0.717) is 5.13 Å². The molecule has 0 aliphatic carbocycles. The van der Waals surface area contributed by atoms with Crippen LogP contribution in [0.2, 0.25) is 0 Å². The third-order valence-corrected chi connectivity index (χ3v) is 4.05. The average molecular weight is 344 g/mol. The van der Waals surface area contributed by atoms with Crippen LogP contribution in [-0.4, -0.2) is 4.98 Å². The maximum absolute atomic E-state index is 5.74. The van der Waals surface area contributed by atoms with E-state index in [1.54, 1.807) is 11.3 Å². The van der Waals surface area contributed by atoms with Crippen molar-refractivity contribution in [2.45, 2.75) is 19.8 Å². The van der Waals surface area contributed by atoms with E-state index in [1.165, 1.54) is 14.0 Å². The summed E-state index contributed by atoms with van der Waals surface area (Å²) in [6.45, 7) is 2.12. The normalized spacial score (nSPS) is 10.6. The van der Waals surface area contributed by atoms with Crippen LogP contribution in [-0.2, 0) is 12.8 Å². The largest absolute Gasteiger partial charge is 0.375 e. The third-order valence-electron chi connectivity index (χ3n) is 2.41. The molecule has 0 spiro atoms. The van der Waals surface area contributed by atoms with Gasteiger partial charge in [0.15, 0.2) is 5.13 Å². The number of nitrogens with two attached hydrogens (primary N) is 1. The van der Waals surface area contributed by atoms with Gasteiger partial charge < -0.3 is 5.73 Å². The van der Waals surface area contributed by atoms with E-state index >= 15 is 0 Å². The summed E-state index contributed by atoms with van der Waals surface area (Å²) in [7, 11) is 0. The summed E-state index contributed by atoms with van der Waals surface area (Å²) in [5.74, 6) is 0. The van der Waals surface area contributed by atoms with Gasteiger partial charge in [-0.1, -0.05) is 19.1 Å². The molecule has 0 amide bonds. The molecule has 0 radical (unpaired) electrons. The summed E-state index contributed by atoms with van der Waals surface area (Å²) < 4.78 is 1.26. The number of rotatable bonds is 3. The van der Waals surface area contributed by atoms with Gasteiger partial charge in [-0.05, 0) is 46.7 Å². The second-order valence-corrected chi connectivity index (χ2v) is 5.94. The number of halogens is 1. The Kier molecular flexibility index (Phi) is 3.81. The quantitative estimate of drug-likeness (QED) is 0.866. The minimum atomic E-state index is 0.678. The molecular weight excluding hydrogens is 331 g/mol. The lowest BCUT2D eigenvalue weighted by Gasteiger charge is -2.00. The van der Waals surface area contributed by atoms with Crippen molar-refractivity contribution in [2.24, 2.45) is 0 Å². The maximum Gasteiger partial charge on any atom is 0.180 e. The molecule has 0 unspecified atom stereocenters. The van der Waals surface area contributed by atoms with Gasteiger partial charge >= 0.3 is 0 Å². The maximum atomic E-state index is 5.74. The summed E-state index contributed by atoms with van der Waals surface area (Å²) in [5, 5.41) is 0.678. The highest BCUT2D eigenvalue weighted by Crippen LogP contribution is 2.24. The molecule has 2 nitrogen and oxygen atoms in total. The van der Waals surface area contributed by atoms with Crippen molar-refractivity contribution in [3.8, 4) is 0 Å². The van der Waals surface area contributed by atoms with Crippen molar-refractivity contribution >= 4 is 39.1 Å². The fourth-order valence-corrected chi connectivity index (χ4v) is 2.92.